The number of rotatable bonds is 5. The minimum Gasteiger partial charge on any atom is -0.508 e. The summed E-state index contributed by atoms with van der Waals surface area (Å²) in [5.41, 5.74) is 2.70. The Kier molecular flexibility index (Phi) is 4.97. The van der Waals surface area contributed by atoms with E-state index in [1.54, 1.807) is 24.3 Å². The molecule has 0 aromatic heterocycles. The quantitative estimate of drug-likeness (QED) is 0.760. The number of aryl methyl sites for hydroxylation is 1. The molecule has 27 heavy (non-hydrogen) atoms. The molecule has 1 saturated carbocycles. The van der Waals surface area contributed by atoms with Crippen LogP contribution < -0.4 is 0 Å². The predicted molar refractivity (Wildman–Crippen MR) is 106 cm³/mol. The molecule has 0 radical (unpaired) electrons. The van der Waals surface area contributed by atoms with Gasteiger partial charge in [-0.1, -0.05) is 42.0 Å². The Morgan fingerprint density at radius 3 is 2.19 bits per heavy atom. The summed E-state index contributed by atoms with van der Waals surface area (Å²) in [4.78, 5) is 2.32. The Hall–Kier alpha value is -1.88. The molecule has 144 valence electrons. The summed E-state index contributed by atoms with van der Waals surface area (Å²) in [5, 5.41) is 31.0. The van der Waals surface area contributed by atoms with Gasteiger partial charge in [0.1, 0.15) is 5.75 Å². The number of phenols is 1. The van der Waals surface area contributed by atoms with Gasteiger partial charge in [0.15, 0.2) is 0 Å². The van der Waals surface area contributed by atoms with Crippen LogP contribution in [0.25, 0.3) is 0 Å². The molecule has 4 heteroatoms. The maximum absolute atomic E-state index is 11.1. The van der Waals surface area contributed by atoms with E-state index in [1.807, 2.05) is 0 Å². The molecule has 2 fully saturated rings. The van der Waals surface area contributed by atoms with Gasteiger partial charge in [-0.15, -0.1) is 0 Å². The molecule has 0 spiro atoms. The van der Waals surface area contributed by atoms with Crippen molar-refractivity contribution in [2.75, 3.05) is 19.6 Å². The number of hydrogen-bond donors (Lipinski definition) is 3. The summed E-state index contributed by atoms with van der Waals surface area (Å²) in [6, 6.07) is 15.3. The van der Waals surface area contributed by atoms with Gasteiger partial charge in [0.05, 0.1) is 11.7 Å². The van der Waals surface area contributed by atoms with Crippen LogP contribution in [0.15, 0.2) is 48.5 Å². The van der Waals surface area contributed by atoms with E-state index < -0.39 is 11.7 Å². The lowest BCUT2D eigenvalue weighted by molar-refractivity contribution is 0.0328. The number of likely N-dealkylation sites (tertiary alicyclic amines) is 1. The van der Waals surface area contributed by atoms with Gasteiger partial charge in [0, 0.05) is 26.1 Å². The molecule has 1 heterocycles. The molecular formula is C23H29NO3. The molecule has 0 amide bonds. The van der Waals surface area contributed by atoms with Gasteiger partial charge < -0.3 is 15.3 Å². The number of aliphatic hydroxyl groups is 2. The fourth-order valence-corrected chi connectivity index (χ4v) is 4.98. The van der Waals surface area contributed by atoms with E-state index in [0.717, 1.165) is 37.9 Å². The maximum atomic E-state index is 11.1. The van der Waals surface area contributed by atoms with Gasteiger partial charge in [-0.25, -0.2) is 0 Å². The summed E-state index contributed by atoms with van der Waals surface area (Å²) < 4.78 is 0. The number of nitrogens with zero attached hydrogens (tertiary/aromatic N) is 1. The largest absolute Gasteiger partial charge is 0.508 e. The van der Waals surface area contributed by atoms with Gasteiger partial charge >= 0.3 is 0 Å². The number of aliphatic hydroxyl groups excluding tert-OH is 1. The van der Waals surface area contributed by atoms with Crippen molar-refractivity contribution in [1.82, 2.24) is 4.90 Å². The number of aromatic hydroxyl groups is 1. The Labute approximate surface area is 161 Å². The van der Waals surface area contributed by atoms with E-state index in [0.29, 0.717) is 18.4 Å². The molecule has 1 aliphatic carbocycles. The summed E-state index contributed by atoms with van der Waals surface area (Å²) >= 11 is 0. The summed E-state index contributed by atoms with van der Waals surface area (Å²) in [6.07, 6.45) is 1.88. The van der Waals surface area contributed by atoms with E-state index in [1.165, 1.54) is 11.1 Å². The predicted octanol–water partition coefficient (Wildman–Crippen LogP) is 3.05. The van der Waals surface area contributed by atoms with Crippen molar-refractivity contribution in [1.29, 1.82) is 0 Å². The second-order valence-corrected chi connectivity index (χ2v) is 8.64. The van der Waals surface area contributed by atoms with Crippen LogP contribution >= 0.6 is 0 Å². The molecule has 2 aliphatic rings. The van der Waals surface area contributed by atoms with Crippen molar-refractivity contribution < 1.29 is 15.3 Å². The zero-order chi connectivity index (χ0) is 19.0. The van der Waals surface area contributed by atoms with Crippen LogP contribution in [0.5, 0.6) is 5.75 Å². The Balaban J connectivity index is 1.32. The van der Waals surface area contributed by atoms with E-state index >= 15 is 0 Å². The molecule has 2 aromatic carbocycles. The van der Waals surface area contributed by atoms with E-state index in [9.17, 15) is 15.3 Å². The molecule has 1 aliphatic heterocycles. The average Bonchev–Trinajstić information content (AvgIpc) is 3.11. The van der Waals surface area contributed by atoms with Gasteiger partial charge in [0.25, 0.3) is 0 Å². The zero-order valence-electron chi connectivity index (χ0n) is 15.9. The number of phenolic OH excluding ortho intramolecular Hbond substituents is 1. The molecule has 1 saturated heterocycles. The third-order valence-corrected chi connectivity index (χ3v) is 6.30. The highest BCUT2D eigenvalue weighted by atomic mass is 16.3. The van der Waals surface area contributed by atoms with E-state index in [2.05, 4.69) is 36.1 Å². The number of fused-ring (bicyclic) bond motifs is 1. The highest BCUT2D eigenvalue weighted by molar-refractivity contribution is 5.27. The maximum Gasteiger partial charge on any atom is 0.115 e. The molecule has 2 aromatic rings. The van der Waals surface area contributed by atoms with E-state index in [4.69, 9.17) is 0 Å². The molecule has 4 nitrogen and oxygen atoms in total. The Morgan fingerprint density at radius 2 is 1.59 bits per heavy atom. The molecule has 3 N–H and O–H groups in total. The van der Waals surface area contributed by atoms with Crippen molar-refractivity contribution in [3.8, 4) is 5.75 Å². The van der Waals surface area contributed by atoms with Gasteiger partial charge in [0.2, 0.25) is 0 Å². The van der Waals surface area contributed by atoms with Crippen LogP contribution in [0, 0.1) is 18.8 Å². The first-order chi connectivity index (χ1) is 12.9. The van der Waals surface area contributed by atoms with Crippen LogP contribution in [0.1, 0.15) is 35.6 Å². The zero-order valence-corrected chi connectivity index (χ0v) is 15.9. The van der Waals surface area contributed by atoms with Crippen molar-refractivity contribution in [2.45, 2.75) is 37.9 Å². The second kappa shape index (κ2) is 7.27. The number of hydrogen-bond acceptors (Lipinski definition) is 4. The molecule has 4 rings (SSSR count). The molecular weight excluding hydrogens is 338 g/mol. The second-order valence-electron chi connectivity index (χ2n) is 8.64. The lowest BCUT2D eigenvalue weighted by Crippen LogP contribution is -2.33. The number of benzene rings is 2. The van der Waals surface area contributed by atoms with Crippen LogP contribution in [0.3, 0.4) is 0 Å². The van der Waals surface area contributed by atoms with Gasteiger partial charge in [-0.05, 0) is 54.9 Å². The van der Waals surface area contributed by atoms with Crippen molar-refractivity contribution >= 4 is 0 Å². The fourth-order valence-electron chi connectivity index (χ4n) is 4.98. The minimum atomic E-state index is -0.591. The number of β-amino-alcohol motifs (C(OH)–C–C–N with tert-alkyl or cyclic N) is 1. The SMILES string of the molecule is Cc1ccc(CC2(O)CC3CN(CC(O)c4ccc(O)cc4)C[C@H]3C2)cc1. The standard InChI is InChI=1S/C23H29NO3/c1-16-2-4-17(5-3-16)10-23(27)11-19-13-24(14-20(19)12-23)15-22(26)18-6-8-21(25)9-7-18/h2-9,19-20,22,25-27H,10-15H2,1H3/t19-,20?,22?,23?/m1/s1. The third kappa shape index (κ3) is 4.18. The molecule has 4 atom stereocenters. The lowest BCUT2D eigenvalue weighted by atomic mass is 9.91. The van der Waals surface area contributed by atoms with Crippen LogP contribution in [0.2, 0.25) is 0 Å². The first-order valence-corrected chi connectivity index (χ1v) is 9.87. The fraction of sp³-hybridized carbons (Fsp3) is 0.478. The first kappa shape index (κ1) is 18.5. The van der Waals surface area contributed by atoms with Crippen molar-refractivity contribution in [2.24, 2.45) is 11.8 Å². The monoisotopic (exact) mass is 367 g/mol. The van der Waals surface area contributed by atoms with Crippen molar-refractivity contribution in [3.05, 3.63) is 65.2 Å². The third-order valence-electron chi connectivity index (χ3n) is 6.30. The Morgan fingerprint density at radius 1 is 1.00 bits per heavy atom. The normalized spacial score (nSPS) is 29.0. The van der Waals surface area contributed by atoms with Crippen LogP contribution in [0.4, 0.5) is 0 Å². The first-order valence-electron chi connectivity index (χ1n) is 9.87. The molecule has 0 bridgehead atoms. The lowest BCUT2D eigenvalue weighted by Gasteiger charge is -2.27. The average molecular weight is 367 g/mol. The minimum absolute atomic E-state index is 0.217. The van der Waals surface area contributed by atoms with Crippen molar-refractivity contribution in [3.63, 3.8) is 0 Å². The topological polar surface area (TPSA) is 63.9 Å². The summed E-state index contributed by atoms with van der Waals surface area (Å²) in [5.74, 6) is 1.23. The van der Waals surface area contributed by atoms with Gasteiger partial charge in [-0.3, -0.25) is 4.90 Å². The van der Waals surface area contributed by atoms with E-state index in [-0.39, 0.29) is 5.75 Å². The Bertz CT molecular complexity index is 757. The highest BCUT2D eigenvalue weighted by Crippen LogP contribution is 2.45. The van der Waals surface area contributed by atoms with Crippen LogP contribution in [-0.4, -0.2) is 45.5 Å². The summed E-state index contributed by atoms with van der Waals surface area (Å²) in [7, 11) is 0. The summed E-state index contributed by atoms with van der Waals surface area (Å²) in [6.45, 7) is 4.57. The smallest absolute Gasteiger partial charge is 0.115 e. The van der Waals surface area contributed by atoms with Crippen LogP contribution in [-0.2, 0) is 6.42 Å². The molecule has 3 unspecified atom stereocenters. The highest BCUT2D eigenvalue weighted by Gasteiger charge is 2.48. The van der Waals surface area contributed by atoms with Gasteiger partial charge in [-0.2, -0.15) is 0 Å².